The number of rotatable bonds is 6. The zero-order chi connectivity index (χ0) is 26.9. The van der Waals surface area contributed by atoms with Gasteiger partial charge in [-0.15, -0.1) is 0 Å². The fraction of sp³-hybridized carbons (Fsp3) is 0.500. The largest absolute Gasteiger partial charge is 0.505 e. The Bertz CT molecular complexity index is 997. The molecule has 0 bridgehead atoms. The van der Waals surface area contributed by atoms with Crippen LogP contribution in [0.25, 0.3) is 0 Å². The van der Waals surface area contributed by atoms with E-state index in [0.29, 0.717) is 30.2 Å². The van der Waals surface area contributed by atoms with Gasteiger partial charge in [0.05, 0.1) is 42.7 Å². The van der Waals surface area contributed by atoms with Gasteiger partial charge in [0, 0.05) is 13.1 Å². The summed E-state index contributed by atoms with van der Waals surface area (Å²) in [6, 6.07) is 8.63. The number of nitrogens with one attached hydrogen (secondary N) is 2. The number of carbonyl (C=O) groups excluding carboxylic acids is 1. The Morgan fingerprint density at radius 3 is 2.28 bits per heavy atom. The molecule has 0 amide bonds. The number of para-hydroxylation sites is 1. The van der Waals surface area contributed by atoms with Crippen LogP contribution in [0.3, 0.4) is 0 Å². The third kappa shape index (κ3) is 11.7. The molecule has 2 aromatic heterocycles. The van der Waals surface area contributed by atoms with Crippen molar-refractivity contribution in [1.82, 2.24) is 13.6 Å². The van der Waals surface area contributed by atoms with E-state index in [1.807, 2.05) is 32.9 Å². The van der Waals surface area contributed by atoms with Crippen molar-refractivity contribution in [3.8, 4) is 5.75 Å². The number of carbonyl (C=O) groups is 1. The number of furan rings is 1. The molecule has 10 heteroatoms. The maximum Gasteiger partial charge on any atom is 0.188 e. The topological polar surface area (TPSA) is 113 Å². The van der Waals surface area contributed by atoms with Crippen LogP contribution in [0.2, 0.25) is 0 Å². The smallest absolute Gasteiger partial charge is 0.188 e. The van der Waals surface area contributed by atoms with Crippen molar-refractivity contribution in [3.05, 3.63) is 47.4 Å². The molecule has 1 saturated heterocycles. The van der Waals surface area contributed by atoms with Gasteiger partial charge >= 0.3 is 0 Å². The summed E-state index contributed by atoms with van der Waals surface area (Å²) >= 11 is 1.03. The summed E-state index contributed by atoms with van der Waals surface area (Å²) in [6.45, 7) is 16.9. The molecule has 3 aromatic rings. The van der Waals surface area contributed by atoms with Crippen molar-refractivity contribution in [3.63, 3.8) is 0 Å². The molecule has 3 N–H and O–H groups in total. The molecule has 0 radical (unpaired) electrons. The molecular formula is C26H41N5O4S. The van der Waals surface area contributed by atoms with Crippen molar-refractivity contribution in [1.29, 1.82) is 0 Å². The van der Waals surface area contributed by atoms with E-state index in [0.717, 1.165) is 55.5 Å². The van der Waals surface area contributed by atoms with Crippen LogP contribution in [0.5, 0.6) is 5.75 Å². The van der Waals surface area contributed by atoms with Gasteiger partial charge in [0.2, 0.25) is 0 Å². The number of benzene rings is 1. The van der Waals surface area contributed by atoms with E-state index in [2.05, 4.69) is 52.1 Å². The number of phenolic OH excluding ortho intramolecular Hbond substituents is 1. The summed E-state index contributed by atoms with van der Waals surface area (Å²) in [5.41, 5.74) is 0.595. The molecule has 1 aromatic carbocycles. The molecule has 3 heterocycles. The van der Waals surface area contributed by atoms with Gasteiger partial charge in [0.15, 0.2) is 17.9 Å². The number of hydrogen-bond acceptors (Lipinski definition) is 10. The Balaban J connectivity index is 0.000000412. The lowest BCUT2D eigenvalue weighted by molar-refractivity contribution is 0.0503. The highest BCUT2D eigenvalue weighted by molar-refractivity contribution is 6.99. The minimum Gasteiger partial charge on any atom is -0.505 e. The number of likely N-dealkylation sites (N-methyl/N-ethyl adjacent to an activating group) is 1. The summed E-state index contributed by atoms with van der Waals surface area (Å²) in [5, 5.41) is 16.1. The Morgan fingerprint density at radius 2 is 1.75 bits per heavy atom. The number of ether oxygens (including phenoxy) is 1. The van der Waals surface area contributed by atoms with Gasteiger partial charge in [-0.25, -0.2) is 0 Å². The van der Waals surface area contributed by atoms with E-state index in [-0.39, 0.29) is 11.3 Å². The van der Waals surface area contributed by atoms with E-state index < -0.39 is 0 Å². The highest BCUT2D eigenvalue weighted by atomic mass is 32.1. The Labute approximate surface area is 219 Å². The van der Waals surface area contributed by atoms with Crippen LogP contribution in [-0.2, 0) is 11.3 Å². The second kappa shape index (κ2) is 17.5. The van der Waals surface area contributed by atoms with Crippen LogP contribution in [0.15, 0.2) is 34.7 Å². The molecule has 1 aliphatic heterocycles. The maximum absolute atomic E-state index is 10.9. The first-order chi connectivity index (χ1) is 17.3. The summed E-state index contributed by atoms with van der Waals surface area (Å²) < 4.78 is 18.9. The van der Waals surface area contributed by atoms with E-state index in [4.69, 9.17) is 9.15 Å². The van der Waals surface area contributed by atoms with E-state index in [9.17, 15) is 9.90 Å². The minimum atomic E-state index is -0.122. The van der Waals surface area contributed by atoms with Gasteiger partial charge in [-0.2, -0.15) is 8.75 Å². The van der Waals surface area contributed by atoms with E-state index in [1.54, 1.807) is 12.1 Å². The molecule has 36 heavy (non-hydrogen) atoms. The van der Waals surface area contributed by atoms with Crippen molar-refractivity contribution < 1.29 is 19.1 Å². The first kappa shape index (κ1) is 31.1. The second-order valence-electron chi connectivity index (χ2n) is 8.46. The number of aryl methyl sites for hydroxylation is 1. The molecule has 1 fully saturated rings. The zero-order valence-electron chi connectivity index (χ0n) is 22.5. The number of aromatic hydroxyl groups is 1. The van der Waals surface area contributed by atoms with E-state index in [1.165, 1.54) is 6.07 Å². The molecule has 9 nitrogen and oxygen atoms in total. The molecule has 1 aliphatic rings. The first-order valence-electron chi connectivity index (χ1n) is 12.2. The Morgan fingerprint density at radius 1 is 1.11 bits per heavy atom. The molecule has 4 rings (SSSR count). The predicted molar refractivity (Wildman–Crippen MR) is 148 cm³/mol. The molecular weight excluding hydrogens is 478 g/mol. The predicted octanol–water partition coefficient (Wildman–Crippen LogP) is 5.95. The van der Waals surface area contributed by atoms with Gasteiger partial charge in [-0.05, 0) is 44.2 Å². The lowest BCUT2D eigenvalue weighted by Crippen LogP contribution is -2.32. The molecule has 0 aliphatic carbocycles. The second-order valence-corrected chi connectivity index (χ2v) is 8.99. The minimum absolute atomic E-state index is 0.122. The lowest BCUT2D eigenvalue weighted by atomic mass is 10.2. The number of phenols is 1. The average Bonchev–Trinajstić information content (AvgIpc) is 3.49. The van der Waals surface area contributed by atoms with Crippen LogP contribution in [-0.4, -0.2) is 58.4 Å². The van der Waals surface area contributed by atoms with Crippen LogP contribution < -0.4 is 10.6 Å². The Kier molecular flexibility index (Phi) is 15.1. The highest BCUT2D eigenvalue weighted by Gasteiger charge is 2.12. The normalized spacial score (nSPS) is 12.8. The third-order valence-electron chi connectivity index (χ3n) is 4.40. The highest BCUT2D eigenvalue weighted by Crippen LogP contribution is 2.31. The lowest BCUT2D eigenvalue weighted by Gasteiger charge is -2.21. The molecule has 0 unspecified atom stereocenters. The summed E-state index contributed by atoms with van der Waals surface area (Å²) in [7, 11) is 2.11. The van der Waals surface area contributed by atoms with Crippen LogP contribution in [0.1, 0.15) is 56.5 Å². The van der Waals surface area contributed by atoms with Gasteiger partial charge in [0.1, 0.15) is 17.3 Å². The summed E-state index contributed by atoms with van der Waals surface area (Å²) in [4.78, 5) is 13.1. The SMILES string of the molecule is CC.CC(C)C.CN1CCOCC1.Cc1ccc(CNc2nsnc2Nc2cccc(C=O)c2O)o1. The van der Waals surface area contributed by atoms with Gasteiger partial charge < -0.3 is 29.8 Å². The van der Waals surface area contributed by atoms with E-state index >= 15 is 0 Å². The molecule has 0 saturated carbocycles. The van der Waals surface area contributed by atoms with Gasteiger partial charge in [0.25, 0.3) is 0 Å². The van der Waals surface area contributed by atoms with Gasteiger partial charge in [-0.1, -0.05) is 40.7 Å². The molecule has 0 atom stereocenters. The number of nitrogens with zero attached hydrogens (tertiary/aromatic N) is 3. The zero-order valence-corrected chi connectivity index (χ0v) is 23.3. The Hall–Kier alpha value is -2.95. The molecule has 200 valence electrons. The molecule has 0 spiro atoms. The van der Waals surface area contributed by atoms with Crippen LogP contribution in [0.4, 0.5) is 17.3 Å². The maximum atomic E-state index is 10.9. The fourth-order valence-corrected chi connectivity index (χ4v) is 3.16. The van der Waals surface area contributed by atoms with Crippen molar-refractivity contribution >= 4 is 35.3 Å². The quantitative estimate of drug-likeness (QED) is 0.268. The van der Waals surface area contributed by atoms with Crippen LogP contribution in [0, 0.1) is 12.8 Å². The monoisotopic (exact) mass is 519 g/mol. The number of anilines is 3. The first-order valence-corrected chi connectivity index (χ1v) is 12.9. The van der Waals surface area contributed by atoms with Crippen molar-refractivity contribution in [2.24, 2.45) is 5.92 Å². The van der Waals surface area contributed by atoms with Crippen LogP contribution >= 0.6 is 11.7 Å². The fourth-order valence-electron chi connectivity index (χ4n) is 2.68. The number of aromatic nitrogens is 2. The van der Waals surface area contributed by atoms with Gasteiger partial charge in [-0.3, -0.25) is 4.79 Å². The summed E-state index contributed by atoms with van der Waals surface area (Å²) in [5.74, 6) is 3.35. The number of aldehydes is 1. The van der Waals surface area contributed by atoms with Crippen molar-refractivity contribution in [2.45, 2.75) is 48.1 Å². The summed E-state index contributed by atoms with van der Waals surface area (Å²) in [6.07, 6.45) is 0.595. The standard InChI is InChI=1S/C15H14N4O3S.C5H11NO.C4H10.C2H6/c1-9-5-6-11(22-9)7-16-14-15(19-23-18-14)17-12-4-2-3-10(8-20)13(12)21;1-6-2-4-7-5-3-6;1-4(2)3;1-2/h2-6,8,21H,7H2,1H3,(H,16,18)(H,17,19);2-5H2,1H3;4H,1-3H3;1-2H3. The third-order valence-corrected chi connectivity index (χ3v) is 4.93. The van der Waals surface area contributed by atoms with Crippen molar-refractivity contribution in [2.75, 3.05) is 44.0 Å². The number of morpholine rings is 1. The number of hydrogen-bond donors (Lipinski definition) is 3. The average molecular weight is 520 g/mol.